The lowest BCUT2D eigenvalue weighted by Gasteiger charge is -2.29. The molecule has 0 unspecified atom stereocenters. The van der Waals surface area contributed by atoms with Crippen molar-refractivity contribution in [1.29, 1.82) is 0 Å². The van der Waals surface area contributed by atoms with E-state index in [1.54, 1.807) is 29.7 Å². The van der Waals surface area contributed by atoms with E-state index in [2.05, 4.69) is 25.1 Å². The van der Waals surface area contributed by atoms with Gasteiger partial charge in [0.2, 0.25) is 5.88 Å². The highest BCUT2D eigenvalue weighted by molar-refractivity contribution is 7.91. The molecule has 0 radical (unpaired) electrons. The van der Waals surface area contributed by atoms with Gasteiger partial charge in [-0.25, -0.2) is 23.4 Å². The van der Waals surface area contributed by atoms with Crippen molar-refractivity contribution in [3.05, 3.63) is 47.3 Å². The van der Waals surface area contributed by atoms with Gasteiger partial charge >= 0.3 is 0 Å². The second kappa shape index (κ2) is 11.8. The molecule has 200 valence electrons. The third-order valence-corrected chi connectivity index (χ3v) is 8.64. The minimum Gasteiger partial charge on any atom is -0.481 e. The maximum absolute atomic E-state index is 13.6. The first kappa shape index (κ1) is 27.4. The Bertz CT molecular complexity index is 1300. The van der Waals surface area contributed by atoms with Crippen molar-refractivity contribution in [3.8, 4) is 17.4 Å². The monoisotopic (exact) mass is 550 g/mol. The topological polar surface area (TPSA) is 131 Å². The molecule has 0 spiro atoms. The SMILES string of the molecule is COc1cccc(-c2nnc(CS(=O)(=O)[C@@H](C)[C@H](OC)c3ncc(Cl)cn3)n2C[C@@H]2CCC[C@@H](C)O2)n1. The average molecular weight is 551 g/mol. The fourth-order valence-corrected chi connectivity index (χ4v) is 5.93. The van der Waals surface area contributed by atoms with Crippen LogP contribution in [-0.2, 0) is 31.6 Å². The first-order valence-electron chi connectivity index (χ1n) is 12.0. The number of rotatable bonds is 10. The molecular formula is C24H31ClN6O5S. The Balaban J connectivity index is 1.67. The molecule has 0 saturated carbocycles. The molecule has 1 saturated heterocycles. The second-order valence-corrected chi connectivity index (χ2v) is 11.8. The van der Waals surface area contributed by atoms with Gasteiger partial charge in [0, 0.05) is 25.6 Å². The number of aromatic nitrogens is 6. The normalized spacial score (nSPS) is 19.9. The van der Waals surface area contributed by atoms with Gasteiger partial charge in [0.15, 0.2) is 21.5 Å². The molecule has 3 aromatic heterocycles. The van der Waals surface area contributed by atoms with Crippen LogP contribution in [0.15, 0.2) is 30.6 Å². The van der Waals surface area contributed by atoms with Gasteiger partial charge in [-0.2, -0.15) is 0 Å². The summed E-state index contributed by atoms with van der Waals surface area (Å²) >= 11 is 5.89. The van der Waals surface area contributed by atoms with Gasteiger partial charge in [0.05, 0.1) is 36.1 Å². The molecule has 13 heteroatoms. The van der Waals surface area contributed by atoms with Crippen LogP contribution in [0.25, 0.3) is 11.5 Å². The predicted octanol–water partition coefficient (Wildman–Crippen LogP) is 3.44. The highest BCUT2D eigenvalue weighted by Gasteiger charge is 2.35. The van der Waals surface area contributed by atoms with E-state index >= 15 is 0 Å². The van der Waals surface area contributed by atoms with Crippen LogP contribution < -0.4 is 4.74 Å². The summed E-state index contributed by atoms with van der Waals surface area (Å²) in [5.41, 5.74) is 0.525. The van der Waals surface area contributed by atoms with E-state index in [9.17, 15) is 8.42 Å². The Kier molecular flexibility index (Phi) is 8.73. The second-order valence-electron chi connectivity index (χ2n) is 9.04. The van der Waals surface area contributed by atoms with E-state index in [1.807, 2.05) is 6.92 Å². The molecule has 1 fully saturated rings. The lowest BCUT2D eigenvalue weighted by atomic mass is 10.0. The van der Waals surface area contributed by atoms with Crippen molar-refractivity contribution in [3.63, 3.8) is 0 Å². The summed E-state index contributed by atoms with van der Waals surface area (Å²) in [4.78, 5) is 12.8. The number of hydrogen-bond acceptors (Lipinski definition) is 10. The van der Waals surface area contributed by atoms with Crippen LogP contribution in [0.3, 0.4) is 0 Å². The molecule has 0 aromatic carbocycles. The third kappa shape index (κ3) is 6.43. The van der Waals surface area contributed by atoms with E-state index in [0.29, 0.717) is 34.8 Å². The maximum Gasteiger partial charge on any atom is 0.213 e. The molecule has 1 aliphatic heterocycles. The molecule has 4 rings (SSSR count). The first-order chi connectivity index (χ1) is 17.7. The number of sulfone groups is 1. The number of methoxy groups -OCH3 is 2. The van der Waals surface area contributed by atoms with Crippen molar-refractivity contribution in [2.24, 2.45) is 0 Å². The van der Waals surface area contributed by atoms with Crippen molar-refractivity contribution in [2.45, 2.75) is 69.0 Å². The number of ether oxygens (including phenoxy) is 3. The third-order valence-electron chi connectivity index (χ3n) is 6.41. The largest absolute Gasteiger partial charge is 0.481 e. The number of pyridine rings is 1. The van der Waals surface area contributed by atoms with Crippen LogP contribution in [0.1, 0.15) is 50.9 Å². The quantitative estimate of drug-likeness (QED) is 0.370. The molecule has 1 aliphatic rings. The molecule has 4 heterocycles. The number of hydrogen-bond donors (Lipinski definition) is 0. The highest BCUT2D eigenvalue weighted by Crippen LogP contribution is 2.28. The highest BCUT2D eigenvalue weighted by atomic mass is 35.5. The summed E-state index contributed by atoms with van der Waals surface area (Å²) in [6.07, 6.45) is 4.83. The van der Waals surface area contributed by atoms with Gasteiger partial charge in [0.25, 0.3) is 0 Å². The Hall–Kier alpha value is -2.67. The lowest BCUT2D eigenvalue weighted by molar-refractivity contribution is -0.0472. The van der Waals surface area contributed by atoms with Gasteiger partial charge in [-0.1, -0.05) is 17.7 Å². The average Bonchev–Trinajstić information content (AvgIpc) is 3.26. The Morgan fingerprint density at radius 2 is 1.95 bits per heavy atom. The standard InChI is InChI=1S/C24H31ClN6O5S/c1-15-7-5-8-18(36-15)13-31-20(29-30-24(31)19-9-6-10-21(28-19)34-3)14-37(32,33)16(2)22(35-4)23-26-11-17(25)12-27-23/h6,9-12,15-16,18,22H,5,7-8,13-14H2,1-4H3/t15-,16+,18+,22+/m1/s1. The van der Waals surface area contributed by atoms with E-state index in [1.165, 1.54) is 26.6 Å². The zero-order valence-electron chi connectivity index (χ0n) is 21.2. The van der Waals surface area contributed by atoms with Crippen LogP contribution in [-0.4, -0.2) is 69.8 Å². The predicted molar refractivity (Wildman–Crippen MR) is 137 cm³/mol. The molecule has 37 heavy (non-hydrogen) atoms. The number of halogens is 1. The van der Waals surface area contributed by atoms with Gasteiger partial charge in [-0.05, 0) is 39.2 Å². The van der Waals surface area contributed by atoms with Crippen LogP contribution in [0.2, 0.25) is 5.02 Å². The van der Waals surface area contributed by atoms with Crippen molar-refractivity contribution < 1.29 is 22.6 Å². The molecule has 4 atom stereocenters. The Morgan fingerprint density at radius 1 is 1.19 bits per heavy atom. The number of nitrogens with zero attached hydrogens (tertiary/aromatic N) is 6. The van der Waals surface area contributed by atoms with E-state index in [4.69, 9.17) is 25.8 Å². The Labute approximate surface area is 221 Å². The summed E-state index contributed by atoms with van der Waals surface area (Å²) in [6, 6.07) is 5.31. The fourth-order valence-electron chi connectivity index (χ4n) is 4.39. The van der Waals surface area contributed by atoms with Gasteiger partial charge in [-0.3, -0.25) is 0 Å². The van der Waals surface area contributed by atoms with Crippen LogP contribution in [0.4, 0.5) is 0 Å². The summed E-state index contributed by atoms with van der Waals surface area (Å²) in [6.45, 7) is 4.01. The minimum absolute atomic E-state index is 0.0998. The zero-order valence-corrected chi connectivity index (χ0v) is 22.8. The van der Waals surface area contributed by atoms with Gasteiger partial charge in [-0.15, -0.1) is 10.2 Å². The lowest BCUT2D eigenvalue weighted by Crippen LogP contribution is -2.32. The van der Waals surface area contributed by atoms with Crippen molar-refractivity contribution in [2.75, 3.05) is 14.2 Å². The van der Waals surface area contributed by atoms with Gasteiger partial charge < -0.3 is 18.8 Å². The Morgan fingerprint density at radius 3 is 2.62 bits per heavy atom. The molecule has 3 aromatic rings. The zero-order chi connectivity index (χ0) is 26.6. The molecule has 0 bridgehead atoms. The van der Waals surface area contributed by atoms with Crippen molar-refractivity contribution >= 4 is 21.4 Å². The van der Waals surface area contributed by atoms with E-state index in [-0.39, 0.29) is 23.8 Å². The molecule has 0 amide bonds. The van der Waals surface area contributed by atoms with Crippen molar-refractivity contribution in [1.82, 2.24) is 29.7 Å². The summed E-state index contributed by atoms with van der Waals surface area (Å²) in [7, 11) is -0.832. The van der Waals surface area contributed by atoms with E-state index < -0.39 is 21.2 Å². The minimum atomic E-state index is -3.79. The molecule has 0 N–H and O–H groups in total. The first-order valence-corrected chi connectivity index (χ1v) is 14.1. The smallest absolute Gasteiger partial charge is 0.213 e. The summed E-state index contributed by atoms with van der Waals surface area (Å²) < 4.78 is 45.8. The molecular weight excluding hydrogens is 520 g/mol. The summed E-state index contributed by atoms with van der Waals surface area (Å²) in [5, 5.41) is 7.99. The molecule has 11 nitrogen and oxygen atoms in total. The maximum atomic E-state index is 13.6. The van der Waals surface area contributed by atoms with Crippen LogP contribution in [0, 0.1) is 0 Å². The van der Waals surface area contributed by atoms with E-state index in [0.717, 1.165) is 19.3 Å². The molecule has 0 aliphatic carbocycles. The van der Waals surface area contributed by atoms with Crippen LogP contribution >= 0.6 is 11.6 Å². The summed E-state index contributed by atoms with van der Waals surface area (Å²) in [5.74, 6) is 1.03. The van der Waals surface area contributed by atoms with Gasteiger partial charge in [0.1, 0.15) is 23.4 Å². The van der Waals surface area contributed by atoms with Crippen LogP contribution in [0.5, 0.6) is 5.88 Å². The fraction of sp³-hybridized carbons (Fsp3) is 0.542.